The lowest BCUT2D eigenvalue weighted by molar-refractivity contribution is -0.118. The second-order valence-corrected chi connectivity index (χ2v) is 9.15. The average molecular weight is 454 g/mol. The van der Waals surface area contributed by atoms with Crippen LogP contribution in [0.5, 0.6) is 11.5 Å². The van der Waals surface area contributed by atoms with Crippen LogP contribution in [-0.2, 0) is 10.2 Å². The smallest absolute Gasteiger partial charge is 0.235 e. The summed E-state index contributed by atoms with van der Waals surface area (Å²) >= 11 is 0. The second-order valence-electron chi connectivity index (χ2n) is 9.15. The van der Waals surface area contributed by atoms with Gasteiger partial charge in [0, 0.05) is 22.6 Å². The highest BCUT2D eigenvalue weighted by Crippen LogP contribution is 2.65. The highest BCUT2D eigenvalue weighted by molar-refractivity contribution is 6.10. The van der Waals surface area contributed by atoms with Gasteiger partial charge in [-0.1, -0.05) is 18.2 Å². The van der Waals surface area contributed by atoms with Gasteiger partial charge in [-0.3, -0.25) is 9.89 Å². The summed E-state index contributed by atoms with van der Waals surface area (Å²) in [7, 11) is 1.64. The summed E-state index contributed by atoms with van der Waals surface area (Å²) in [6, 6.07) is 17.6. The molecule has 0 saturated heterocycles. The van der Waals surface area contributed by atoms with Crippen molar-refractivity contribution < 1.29 is 19.4 Å². The minimum absolute atomic E-state index is 0.0490. The molecule has 4 N–H and O–H groups in total. The van der Waals surface area contributed by atoms with E-state index in [1.807, 2.05) is 42.5 Å². The Morgan fingerprint density at radius 3 is 3.00 bits per heavy atom. The molecule has 170 valence electrons. The average Bonchev–Trinajstić information content (AvgIpc) is 3.18. The van der Waals surface area contributed by atoms with Gasteiger partial charge in [0.15, 0.2) is 5.82 Å². The van der Waals surface area contributed by atoms with Gasteiger partial charge in [0.2, 0.25) is 5.91 Å². The summed E-state index contributed by atoms with van der Waals surface area (Å²) in [5, 5.41) is 25.0. The summed E-state index contributed by atoms with van der Waals surface area (Å²) in [4.78, 5) is 13.0. The van der Waals surface area contributed by atoms with Crippen LogP contribution in [0.4, 0.5) is 17.2 Å². The van der Waals surface area contributed by atoms with Crippen molar-refractivity contribution in [3.63, 3.8) is 0 Å². The largest absolute Gasteiger partial charge is 0.497 e. The van der Waals surface area contributed by atoms with Crippen molar-refractivity contribution in [2.75, 3.05) is 24.4 Å². The van der Waals surface area contributed by atoms with Crippen LogP contribution in [0.15, 0.2) is 54.6 Å². The van der Waals surface area contributed by atoms with Crippen molar-refractivity contribution in [3.8, 4) is 11.5 Å². The number of fused-ring (bicyclic) bond motifs is 4. The van der Waals surface area contributed by atoms with Crippen molar-refractivity contribution in [2.45, 2.75) is 23.9 Å². The fraction of sp³-hybridized carbons (Fsp3) is 0.231. The lowest BCUT2D eigenvalue weighted by Crippen LogP contribution is -2.21. The number of aliphatic hydroxyl groups excluding tert-OH is 1. The number of benzene rings is 3. The van der Waals surface area contributed by atoms with Crippen LogP contribution in [0.3, 0.4) is 0 Å². The number of rotatable bonds is 4. The number of carbonyl (C=O) groups excluding carboxylic acids is 1. The van der Waals surface area contributed by atoms with E-state index in [2.05, 4.69) is 33.0 Å². The van der Waals surface area contributed by atoms with Gasteiger partial charge in [-0.25, -0.2) is 0 Å². The standard InChI is InChI=1S/C26H22N4O4/c1-33-14-6-8-19-17(10-14)26(25(32)28-19)11-18(26)13-5-7-15-21(9-13)29-30-24(15)27-20-4-2-3-16-22(31)12-34-23(16)20/h2-10,18,22,31H,11-12H2,1H3,(H,28,32)(H2,27,29,30). The van der Waals surface area contributed by atoms with Crippen molar-refractivity contribution in [1.82, 2.24) is 10.2 Å². The predicted octanol–water partition coefficient (Wildman–Crippen LogP) is 4.12. The second kappa shape index (κ2) is 6.74. The molecular weight excluding hydrogens is 432 g/mol. The summed E-state index contributed by atoms with van der Waals surface area (Å²) < 4.78 is 11.1. The molecule has 1 aliphatic carbocycles. The first-order chi connectivity index (χ1) is 16.6. The lowest BCUT2D eigenvalue weighted by Gasteiger charge is -2.11. The number of nitrogens with zero attached hydrogens (tertiary/aromatic N) is 1. The molecule has 7 rings (SSSR count). The van der Waals surface area contributed by atoms with Gasteiger partial charge in [0.25, 0.3) is 0 Å². The van der Waals surface area contributed by atoms with Crippen LogP contribution >= 0.6 is 0 Å². The molecule has 8 nitrogen and oxygen atoms in total. The molecule has 1 amide bonds. The van der Waals surface area contributed by atoms with E-state index in [4.69, 9.17) is 9.47 Å². The number of aromatic amines is 1. The van der Waals surface area contributed by atoms with Crippen LogP contribution in [-0.4, -0.2) is 34.9 Å². The Labute approximate surface area is 194 Å². The van der Waals surface area contributed by atoms with Gasteiger partial charge in [0.1, 0.15) is 24.2 Å². The summed E-state index contributed by atoms with van der Waals surface area (Å²) in [6.07, 6.45) is 0.151. The molecule has 3 unspecified atom stereocenters. The topological polar surface area (TPSA) is 108 Å². The molecule has 1 aromatic heterocycles. The van der Waals surface area contributed by atoms with E-state index in [0.29, 0.717) is 11.6 Å². The van der Waals surface area contributed by atoms with E-state index in [1.54, 1.807) is 7.11 Å². The number of aliphatic hydroxyl groups is 1. The molecule has 3 aromatic carbocycles. The molecule has 0 radical (unpaired) electrons. The maximum Gasteiger partial charge on any atom is 0.235 e. The van der Waals surface area contributed by atoms with Crippen molar-refractivity contribution in [3.05, 3.63) is 71.3 Å². The number of para-hydroxylation sites is 1. The minimum Gasteiger partial charge on any atom is -0.497 e. The Hall–Kier alpha value is -4.04. The van der Waals surface area contributed by atoms with Crippen LogP contribution in [0.2, 0.25) is 0 Å². The number of methoxy groups -OCH3 is 1. The molecule has 8 heteroatoms. The lowest BCUT2D eigenvalue weighted by atomic mass is 9.91. The summed E-state index contributed by atoms with van der Waals surface area (Å²) in [5.41, 5.74) is 4.86. The molecule has 0 bridgehead atoms. The Morgan fingerprint density at radius 2 is 2.12 bits per heavy atom. The molecular formula is C26H22N4O4. The first-order valence-corrected chi connectivity index (χ1v) is 11.3. The molecule has 3 aliphatic rings. The quantitative estimate of drug-likeness (QED) is 0.370. The van der Waals surface area contributed by atoms with Gasteiger partial charge in [0.05, 0.1) is 23.7 Å². The Balaban J connectivity index is 1.21. The molecule has 3 heterocycles. The first kappa shape index (κ1) is 19.4. The van der Waals surface area contributed by atoms with Crippen LogP contribution in [0.25, 0.3) is 10.9 Å². The minimum atomic E-state index is -0.612. The Kier molecular flexibility index (Phi) is 3.85. The number of H-pyrrole nitrogens is 1. The highest BCUT2D eigenvalue weighted by Gasteiger charge is 2.65. The number of hydrogen-bond acceptors (Lipinski definition) is 6. The fourth-order valence-electron chi connectivity index (χ4n) is 5.50. The van der Waals surface area contributed by atoms with Gasteiger partial charge in [-0.05, 0) is 53.9 Å². The number of anilines is 3. The third-order valence-corrected chi connectivity index (χ3v) is 7.35. The van der Waals surface area contributed by atoms with E-state index in [0.717, 1.165) is 51.1 Å². The van der Waals surface area contributed by atoms with Gasteiger partial charge >= 0.3 is 0 Å². The summed E-state index contributed by atoms with van der Waals surface area (Å²) in [6.45, 7) is 0.254. The zero-order valence-corrected chi connectivity index (χ0v) is 18.4. The maximum absolute atomic E-state index is 13.0. The van der Waals surface area contributed by atoms with E-state index in [9.17, 15) is 9.90 Å². The number of carbonyl (C=O) groups is 1. The summed E-state index contributed by atoms with van der Waals surface area (Å²) in [5.74, 6) is 2.23. The van der Waals surface area contributed by atoms with E-state index in [-0.39, 0.29) is 18.4 Å². The number of hydrogen-bond donors (Lipinski definition) is 4. The van der Waals surface area contributed by atoms with Gasteiger partial charge in [-0.15, -0.1) is 0 Å². The highest BCUT2D eigenvalue weighted by atomic mass is 16.5. The third-order valence-electron chi connectivity index (χ3n) is 7.35. The Morgan fingerprint density at radius 1 is 1.21 bits per heavy atom. The van der Waals surface area contributed by atoms with Crippen molar-refractivity contribution in [2.24, 2.45) is 0 Å². The molecule has 4 aromatic rings. The monoisotopic (exact) mass is 454 g/mol. The molecule has 2 aliphatic heterocycles. The first-order valence-electron chi connectivity index (χ1n) is 11.3. The predicted molar refractivity (Wildman–Crippen MR) is 127 cm³/mol. The maximum atomic E-state index is 13.0. The van der Waals surface area contributed by atoms with Crippen LogP contribution in [0, 0.1) is 0 Å². The molecule has 3 atom stereocenters. The van der Waals surface area contributed by atoms with E-state index >= 15 is 0 Å². The van der Waals surface area contributed by atoms with Gasteiger partial charge in [-0.2, -0.15) is 5.10 Å². The SMILES string of the molecule is COc1ccc2c(c1)C1(CC1c1ccc3c(Nc4cccc5c4OCC5O)n[nH]c3c1)C(=O)N2. The number of aromatic nitrogens is 2. The zero-order chi connectivity index (χ0) is 23.0. The molecule has 1 fully saturated rings. The van der Waals surface area contributed by atoms with E-state index < -0.39 is 11.5 Å². The zero-order valence-electron chi connectivity index (χ0n) is 18.4. The number of amides is 1. The molecule has 1 spiro atoms. The molecule has 34 heavy (non-hydrogen) atoms. The van der Waals surface area contributed by atoms with Gasteiger partial charge < -0.3 is 25.2 Å². The molecule has 1 saturated carbocycles. The third kappa shape index (κ3) is 2.57. The number of nitrogens with one attached hydrogen (secondary N) is 3. The van der Waals surface area contributed by atoms with Crippen molar-refractivity contribution in [1.29, 1.82) is 0 Å². The normalized spacial score (nSPS) is 24.0. The van der Waals surface area contributed by atoms with Crippen LogP contribution < -0.4 is 20.1 Å². The van der Waals surface area contributed by atoms with Crippen LogP contribution in [0.1, 0.15) is 35.1 Å². The Bertz CT molecular complexity index is 1500. The van der Waals surface area contributed by atoms with Crippen molar-refractivity contribution >= 4 is 34.0 Å². The number of ether oxygens (including phenoxy) is 2. The van der Waals surface area contributed by atoms with E-state index in [1.165, 1.54) is 0 Å². The fourth-order valence-corrected chi connectivity index (χ4v) is 5.50.